The number of piperazine rings is 1. The zero-order valence-electron chi connectivity index (χ0n) is 18.2. The van der Waals surface area contributed by atoms with Crippen molar-refractivity contribution in [2.75, 3.05) is 36.4 Å². The molecule has 0 radical (unpaired) electrons. The van der Waals surface area contributed by atoms with E-state index < -0.39 is 0 Å². The molecular formula is C28H29N3O. The Balaban J connectivity index is 1.29. The van der Waals surface area contributed by atoms with Gasteiger partial charge in [0.1, 0.15) is 0 Å². The summed E-state index contributed by atoms with van der Waals surface area (Å²) in [6.45, 7) is 5.13. The van der Waals surface area contributed by atoms with Crippen LogP contribution < -0.4 is 10.2 Å². The lowest BCUT2D eigenvalue weighted by Gasteiger charge is -2.36. The minimum absolute atomic E-state index is 0.111. The highest BCUT2D eigenvalue weighted by molar-refractivity contribution is 5.60. The number of anilines is 2. The Bertz CT molecular complexity index is 1050. The minimum atomic E-state index is 0.111. The minimum Gasteiger partial charge on any atom is -0.472 e. The van der Waals surface area contributed by atoms with Crippen LogP contribution in [0.25, 0.3) is 0 Å². The second-order valence-electron chi connectivity index (χ2n) is 8.34. The van der Waals surface area contributed by atoms with Gasteiger partial charge in [-0.05, 0) is 35.4 Å². The maximum Gasteiger partial charge on any atom is 0.0947 e. The molecule has 3 aromatic carbocycles. The molecule has 0 unspecified atom stereocenters. The van der Waals surface area contributed by atoms with Crippen molar-refractivity contribution in [3.63, 3.8) is 0 Å². The lowest BCUT2D eigenvalue weighted by atomic mass is 9.98. The van der Waals surface area contributed by atoms with Crippen molar-refractivity contribution in [1.82, 2.24) is 4.90 Å². The van der Waals surface area contributed by atoms with Crippen molar-refractivity contribution in [1.29, 1.82) is 0 Å². The van der Waals surface area contributed by atoms with E-state index in [-0.39, 0.29) is 6.04 Å². The van der Waals surface area contributed by atoms with E-state index >= 15 is 0 Å². The van der Waals surface area contributed by atoms with E-state index in [1.54, 1.807) is 6.26 Å². The Morgan fingerprint density at radius 2 is 1.44 bits per heavy atom. The molecule has 1 aliphatic heterocycles. The maximum absolute atomic E-state index is 5.21. The van der Waals surface area contributed by atoms with Crippen molar-refractivity contribution in [2.24, 2.45) is 0 Å². The van der Waals surface area contributed by atoms with Crippen molar-refractivity contribution in [3.8, 4) is 0 Å². The fourth-order valence-corrected chi connectivity index (χ4v) is 4.41. The van der Waals surface area contributed by atoms with Gasteiger partial charge in [0.15, 0.2) is 0 Å². The molecule has 1 N–H and O–H groups in total. The second-order valence-corrected chi connectivity index (χ2v) is 8.34. The number of hydrogen-bond donors (Lipinski definition) is 1. The fourth-order valence-electron chi connectivity index (χ4n) is 4.41. The van der Waals surface area contributed by atoms with Crippen LogP contribution in [0.2, 0.25) is 0 Å². The molecule has 2 heterocycles. The van der Waals surface area contributed by atoms with Crippen LogP contribution in [0.15, 0.2) is 108 Å². The quantitative estimate of drug-likeness (QED) is 0.407. The van der Waals surface area contributed by atoms with Gasteiger partial charge < -0.3 is 14.6 Å². The zero-order valence-corrected chi connectivity index (χ0v) is 18.2. The first kappa shape index (κ1) is 20.4. The standard InChI is InChI=1S/C28H29N3O/c1-3-8-24(9-4-1)28(25-10-5-2-6-11-25)29-26-12-7-13-27(20-26)31-17-15-30(16-18-31)21-23-14-19-32-22-23/h1-14,19-20,22,28-29H,15-18,21H2. The maximum atomic E-state index is 5.21. The highest BCUT2D eigenvalue weighted by atomic mass is 16.3. The summed E-state index contributed by atoms with van der Waals surface area (Å²) in [6.07, 6.45) is 3.60. The smallest absolute Gasteiger partial charge is 0.0947 e. The molecule has 1 aliphatic rings. The van der Waals surface area contributed by atoms with Crippen LogP contribution in [0, 0.1) is 0 Å². The third kappa shape index (κ3) is 4.87. The van der Waals surface area contributed by atoms with E-state index in [2.05, 4.69) is 106 Å². The second kappa shape index (κ2) is 9.75. The summed E-state index contributed by atoms with van der Waals surface area (Å²) in [7, 11) is 0. The molecule has 1 aromatic heterocycles. The van der Waals surface area contributed by atoms with Gasteiger partial charge in [-0.3, -0.25) is 4.90 Å². The SMILES string of the molecule is c1ccc(C(Nc2cccc(N3CCN(Cc4ccoc4)CC3)c2)c2ccccc2)cc1. The molecule has 0 spiro atoms. The predicted molar refractivity (Wildman–Crippen MR) is 131 cm³/mol. The monoisotopic (exact) mass is 423 g/mol. The molecule has 0 atom stereocenters. The first-order valence-electron chi connectivity index (χ1n) is 11.3. The van der Waals surface area contributed by atoms with E-state index in [0.717, 1.165) is 38.4 Å². The van der Waals surface area contributed by atoms with Gasteiger partial charge in [0.05, 0.1) is 18.6 Å². The molecule has 0 saturated carbocycles. The molecule has 4 aromatic rings. The summed E-state index contributed by atoms with van der Waals surface area (Å²) in [6, 6.07) is 32.3. The molecule has 0 amide bonds. The lowest BCUT2D eigenvalue weighted by molar-refractivity contribution is 0.249. The summed E-state index contributed by atoms with van der Waals surface area (Å²) in [5.41, 5.74) is 6.19. The summed E-state index contributed by atoms with van der Waals surface area (Å²) < 4.78 is 5.21. The number of nitrogens with zero attached hydrogens (tertiary/aromatic N) is 2. The Labute approximate surface area is 190 Å². The molecule has 0 bridgehead atoms. The number of benzene rings is 3. The molecule has 1 fully saturated rings. The third-order valence-corrected chi connectivity index (χ3v) is 6.15. The lowest BCUT2D eigenvalue weighted by Crippen LogP contribution is -2.45. The molecule has 4 heteroatoms. The average Bonchev–Trinajstić information content (AvgIpc) is 3.37. The molecule has 5 rings (SSSR count). The van der Waals surface area contributed by atoms with Crippen LogP contribution in [-0.4, -0.2) is 31.1 Å². The van der Waals surface area contributed by atoms with Gasteiger partial charge in [-0.15, -0.1) is 0 Å². The molecule has 162 valence electrons. The first-order chi connectivity index (χ1) is 15.8. The highest BCUT2D eigenvalue weighted by Gasteiger charge is 2.19. The number of hydrogen-bond acceptors (Lipinski definition) is 4. The summed E-state index contributed by atoms with van der Waals surface area (Å²) in [5.74, 6) is 0. The van der Waals surface area contributed by atoms with Crippen molar-refractivity contribution >= 4 is 11.4 Å². The Morgan fingerprint density at radius 1 is 0.750 bits per heavy atom. The number of rotatable bonds is 7. The Hall–Kier alpha value is -3.50. The van der Waals surface area contributed by atoms with E-state index in [1.165, 1.54) is 22.4 Å². The van der Waals surface area contributed by atoms with E-state index in [0.29, 0.717) is 0 Å². The van der Waals surface area contributed by atoms with Gasteiger partial charge in [-0.2, -0.15) is 0 Å². The average molecular weight is 424 g/mol. The Kier molecular flexibility index (Phi) is 6.22. The molecule has 0 aliphatic carbocycles. The van der Waals surface area contributed by atoms with Gasteiger partial charge in [0.25, 0.3) is 0 Å². The molecular weight excluding hydrogens is 394 g/mol. The first-order valence-corrected chi connectivity index (χ1v) is 11.3. The highest BCUT2D eigenvalue weighted by Crippen LogP contribution is 2.29. The van der Waals surface area contributed by atoms with Crippen LogP contribution in [0.4, 0.5) is 11.4 Å². The van der Waals surface area contributed by atoms with Crippen LogP contribution in [0.1, 0.15) is 22.7 Å². The van der Waals surface area contributed by atoms with Gasteiger partial charge >= 0.3 is 0 Å². The summed E-state index contributed by atoms with van der Waals surface area (Å²) in [5, 5.41) is 3.78. The number of furan rings is 1. The van der Waals surface area contributed by atoms with Gasteiger partial charge in [-0.1, -0.05) is 66.7 Å². The topological polar surface area (TPSA) is 31.6 Å². The fraction of sp³-hybridized carbons (Fsp3) is 0.214. The van der Waals surface area contributed by atoms with Crippen molar-refractivity contribution in [3.05, 3.63) is 120 Å². The van der Waals surface area contributed by atoms with E-state index in [9.17, 15) is 0 Å². The van der Waals surface area contributed by atoms with Gasteiger partial charge in [0, 0.05) is 49.7 Å². The van der Waals surface area contributed by atoms with Crippen LogP contribution in [-0.2, 0) is 6.54 Å². The van der Waals surface area contributed by atoms with E-state index in [1.807, 2.05) is 6.26 Å². The largest absolute Gasteiger partial charge is 0.472 e. The predicted octanol–water partition coefficient (Wildman–Crippen LogP) is 5.80. The van der Waals surface area contributed by atoms with Crippen LogP contribution in [0.3, 0.4) is 0 Å². The van der Waals surface area contributed by atoms with Crippen molar-refractivity contribution < 1.29 is 4.42 Å². The zero-order chi connectivity index (χ0) is 21.6. The van der Waals surface area contributed by atoms with Gasteiger partial charge in [-0.25, -0.2) is 0 Å². The molecule has 1 saturated heterocycles. The van der Waals surface area contributed by atoms with Gasteiger partial charge in [0.2, 0.25) is 0 Å². The normalized spacial score (nSPS) is 14.6. The van der Waals surface area contributed by atoms with Crippen LogP contribution in [0.5, 0.6) is 0 Å². The van der Waals surface area contributed by atoms with Crippen molar-refractivity contribution in [2.45, 2.75) is 12.6 Å². The van der Waals surface area contributed by atoms with Crippen LogP contribution >= 0.6 is 0 Å². The summed E-state index contributed by atoms with van der Waals surface area (Å²) in [4.78, 5) is 4.97. The van der Waals surface area contributed by atoms with E-state index in [4.69, 9.17) is 4.42 Å². The molecule has 32 heavy (non-hydrogen) atoms. The third-order valence-electron chi connectivity index (χ3n) is 6.15. The summed E-state index contributed by atoms with van der Waals surface area (Å²) >= 11 is 0. The number of nitrogens with one attached hydrogen (secondary N) is 1. The molecule has 4 nitrogen and oxygen atoms in total. The Morgan fingerprint density at radius 3 is 2.06 bits per heavy atom.